The lowest BCUT2D eigenvalue weighted by atomic mass is 9.81. The molecule has 1 aliphatic rings. The number of carbonyl (C=O) groups is 1. The number of hydrogen-bond donors (Lipinski definition) is 1. The maximum atomic E-state index is 12.7. The highest BCUT2D eigenvalue weighted by molar-refractivity contribution is 14.1. The monoisotopic (exact) mass is 501 g/mol. The number of ether oxygens (including phenoxy) is 1. The van der Waals surface area contributed by atoms with Crippen molar-refractivity contribution in [3.63, 3.8) is 0 Å². The van der Waals surface area contributed by atoms with Crippen LogP contribution in [0.3, 0.4) is 0 Å². The fraction of sp³-hybridized carbons (Fsp3) is 0.400. The molecule has 29 heavy (non-hydrogen) atoms. The molecule has 2 aromatic carbocycles. The normalized spacial score (nSPS) is 13.1. The van der Waals surface area contributed by atoms with Crippen molar-refractivity contribution >= 4 is 39.3 Å². The number of rotatable bonds is 2. The van der Waals surface area contributed by atoms with Crippen molar-refractivity contribution in [2.45, 2.75) is 59.3 Å². The van der Waals surface area contributed by atoms with E-state index in [1.807, 2.05) is 6.92 Å². The number of hydrogen-bond acceptors (Lipinski definition) is 2. The molecule has 0 atom stereocenters. The van der Waals surface area contributed by atoms with Gasteiger partial charge >= 0.3 is 5.97 Å². The van der Waals surface area contributed by atoms with Gasteiger partial charge in [-0.1, -0.05) is 53.7 Å². The van der Waals surface area contributed by atoms with Crippen LogP contribution >= 0.6 is 22.6 Å². The van der Waals surface area contributed by atoms with Gasteiger partial charge in [-0.25, -0.2) is 4.79 Å². The summed E-state index contributed by atoms with van der Waals surface area (Å²) >= 11 is 2.31. The predicted octanol–water partition coefficient (Wildman–Crippen LogP) is 7.19. The van der Waals surface area contributed by atoms with E-state index < -0.39 is 0 Å². The van der Waals surface area contributed by atoms with Gasteiger partial charge in [-0.2, -0.15) is 0 Å². The summed E-state index contributed by atoms with van der Waals surface area (Å²) < 4.78 is 6.35. The average Bonchev–Trinajstić information content (AvgIpc) is 3.11. The molecule has 0 saturated heterocycles. The smallest absolute Gasteiger partial charge is 0.355 e. The highest BCUT2D eigenvalue weighted by atomic mass is 127. The van der Waals surface area contributed by atoms with Gasteiger partial charge in [-0.3, -0.25) is 0 Å². The van der Waals surface area contributed by atoms with Crippen molar-refractivity contribution in [3.8, 4) is 22.3 Å². The minimum Gasteiger partial charge on any atom is -0.461 e. The van der Waals surface area contributed by atoms with E-state index >= 15 is 0 Å². The Kier molecular flexibility index (Phi) is 4.65. The molecule has 0 unspecified atom stereocenters. The lowest BCUT2D eigenvalue weighted by Gasteiger charge is -2.23. The van der Waals surface area contributed by atoms with Crippen LogP contribution in [0, 0.1) is 3.70 Å². The Bertz CT molecular complexity index is 1150. The van der Waals surface area contributed by atoms with E-state index in [9.17, 15) is 4.79 Å². The van der Waals surface area contributed by atoms with Gasteiger partial charge in [-0.05, 0) is 85.5 Å². The molecule has 3 nitrogen and oxygen atoms in total. The summed E-state index contributed by atoms with van der Waals surface area (Å²) in [6.45, 7) is 15.7. The van der Waals surface area contributed by atoms with E-state index in [0.29, 0.717) is 12.3 Å². The summed E-state index contributed by atoms with van der Waals surface area (Å²) in [4.78, 5) is 16.1. The molecule has 152 valence electrons. The zero-order valence-electron chi connectivity index (χ0n) is 18.2. The van der Waals surface area contributed by atoms with Crippen molar-refractivity contribution < 1.29 is 9.53 Å². The van der Waals surface area contributed by atoms with Crippen LogP contribution in [0.2, 0.25) is 0 Å². The zero-order chi connectivity index (χ0) is 21.3. The van der Waals surface area contributed by atoms with Gasteiger partial charge < -0.3 is 9.72 Å². The first-order chi connectivity index (χ1) is 13.4. The molecule has 0 saturated carbocycles. The standard InChI is InChI=1S/C25H28INO2/c1-8-29-23(28)21-19-16-11-14(24(2,3)4)9-13-10-15(25(5,6)7)12-17(18(13)16)20(19)22(26)27-21/h9-12,27H,8H2,1-7H3. The molecule has 0 spiro atoms. The SMILES string of the molecule is CCOC(=O)c1[nH]c(I)c2c1-c1cc(C(C)(C)C)cc3cc(C(C)(C)C)cc-2c13. The van der Waals surface area contributed by atoms with Crippen LogP contribution in [-0.4, -0.2) is 17.6 Å². The first-order valence-electron chi connectivity index (χ1n) is 10.2. The van der Waals surface area contributed by atoms with E-state index in [1.54, 1.807) is 0 Å². The summed E-state index contributed by atoms with van der Waals surface area (Å²) in [7, 11) is 0. The van der Waals surface area contributed by atoms with Crippen LogP contribution in [0.25, 0.3) is 33.0 Å². The number of H-pyrrole nitrogens is 1. The second kappa shape index (κ2) is 6.59. The van der Waals surface area contributed by atoms with Crippen LogP contribution in [0.15, 0.2) is 24.3 Å². The molecule has 4 heteroatoms. The van der Waals surface area contributed by atoms with E-state index in [1.165, 1.54) is 27.5 Å². The summed E-state index contributed by atoms with van der Waals surface area (Å²) in [5, 5.41) is 2.49. The Hall–Kier alpha value is -1.82. The van der Waals surface area contributed by atoms with Crippen LogP contribution in [-0.2, 0) is 15.6 Å². The topological polar surface area (TPSA) is 42.1 Å². The number of nitrogens with one attached hydrogen (secondary N) is 1. The van der Waals surface area contributed by atoms with Gasteiger partial charge in [0.15, 0.2) is 0 Å². The molecule has 0 aliphatic heterocycles. The van der Waals surface area contributed by atoms with Gasteiger partial charge in [0.2, 0.25) is 0 Å². The highest BCUT2D eigenvalue weighted by Gasteiger charge is 2.34. The van der Waals surface area contributed by atoms with Gasteiger partial charge in [-0.15, -0.1) is 0 Å². The third-order valence-electron chi connectivity index (χ3n) is 5.75. The van der Waals surface area contributed by atoms with E-state index in [-0.39, 0.29) is 16.8 Å². The summed E-state index contributed by atoms with van der Waals surface area (Å²) in [5.74, 6) is -0.287. The molecular formula is C25H28INO2. The van der Waals surface area contributed by atoms with Crippen LogP contribution in [0.1, 0.15) is 70.1 Å². The van der Waals surface area contributed by atoms with Crippen molar-refractivity contribution in [3.05, 3.63) is 44.8 Å². The molecule has 3 aromatic rings. The molecule has 0 amide bonds. The minimum atomic E-state index is -0.287. The lowest BCUT2D eigenvalue weighted by Crippen LogP contribution is -2.12. The Morgan fingerprint density at radius 2 is 1.45 bits per heavy atom. The van der Waals surface area contributed by atoms with Gasteiger partial charge in [0.25, 0.3) is 0 Å². The number of aromatic amines is 1. The largest absolute Gasteiger partial charge is 0.461 e. The number of halogens is 1. The van der Waals surface area contributed by atoms with E-state index in [4.69, 9.17) is 4.74 Å². The van der Waals surface area contributed by atoms with Crippen LogP contribution in [0.4, 0.5) is 0 Å². The second-order valence-electron chi connectivity index (χ2n) is 9.93. The predicted molar refractivity (Wildman–Crippen MR) is 129 cm³/mol. The number of benzene rings is 2. The Labute approximate surface area is 186 Å². The Morgan fingerprint density at radius 3 is 1.93 bits per heavy atom. The quantitative estimate of drug-likeness (QED) is 0.233. The molecule has 1 aromatic heterocycles. The van der Waals surface area contributed by atoms with E-state index in [2.05, 4.69) is 93.4 Å². The molecule has 0 radical (unpaired) electrons. The molecule has 4 rings (SSSR count). The number of esters is 1. The summed E-state index contributed by atoms with van der Waals surface area (Å²) in [5.41, 5.74) is 7.67. The van der Waals surface area contributed by atoms with E-state index in [0.717, 1.165) is 20.4 Å². The third-order valence-corrected chi connectivity index (χ3v) is 6.56. The first kappa shape index (κ1) is 20.5. The minimum absolute atomic E-state index is 0.0128. The first-order valence-corrected chi connectivity index (χ1v) is 11.2. The number of carbonyl (C=O) groups excluding carboxylic acids is 1. The molecule has 1 aliphatic carbocycles. The second-order valence-corrected chi connectivity index (χ2v) is 11.0. The molecular weight excluding hydrogens is 473 g/mol. The number of aromatic nitrogens is 1. The fourth-order valence-corrected chi connectivity index (χ4v) is 4.95. The van der Waals surface area contributed by atoms with Gasteiger partial charge in [0, 0.05) is 11.1 Å². The fourth-order valence-electron chi connectivity index (χ4n) is 4.12. The van der Waals surface area contributed by atoms with Crippen molar-refractivity contribution in [1.82, 2.24) is 4.98 Å². The molecule has 0 fully saturated rings. The summed E-state index contributed by atoms with van der Waals surface area (Å²) in [6.07, 6.45) is 0. The number of fused-ring (bicyclic) bond motifs is 3. The Balaban J connectivity index is 2.13. The van der Waals surface area contributed by atoms with Crippen LogP contribution in [0.5, 0.6) is 0 Å². The highest BCUT2D eigenvalue weighted by Crippen LogP contribution is 2.53. The lowest BCUT2D eigenvalue weighted by molar-refractivity contribution is 0.0521. The maximum Gasteiger partial charge on any atom is 0.355 e. The van der Waals surface area contributed by atoms with Crippen LogP contribution < -0.4 is 0 Å². The van der Waals surface area contributed by atoms with Crippen molar-refractivity contribution in [1.29, 1.82) is 0 Å². The van der Waals surface area contributed by atoms with Crippen molar-refractivity contribution in [2.75, 3.05) is 6.61 Å². The van der Waals surface area contributed by atoms with Gasteiger partial charge in [0.05, 0.1) is 10.3 Å². The molecule has 0 bridgehead atoms. The third kappa shape index (κ3) is 3.20. The maximum absolute atomic E-state index is 12.7. The van der Waals surface area contributed by atoms with Crippen molar-refractivity contribution in [2.24, 2.45) is 0 Å². The Morgan fingerprint density at radius 1 is 0.931 bits per heavy atom. The average molecular weight is 501 g/mol. The summed E-state index contributed by atoms with van der Waals surface area (Å²) in [6, 6.07) is 9.22. The van der Waals surface area contributed by atoms with Gasteiger partial charge in [0.1, 0.15) is 5.69 Å². The zero-order valence-corrected chi connectivity index (χ0v) is 20.4. The molecule has 1 heterocycles. The molecule has 1 N–H and O–H groups in total.